The molecule has 0 spiro atoms. The van der Waals surface area contributed by atoms with Gasteiger partial charge in [-0.05, 0) is 66.8 Å². The van der Waals surface area contributed by atoms with E-state index >= 15 is 0 Å². The average molecular weight is 726 g/mol. The number of aromatic nitrogens is 4. The summed E-state index contributed by atoms with van der Waals surface area (Å²) in [7, 11) is -3.87. The van der Waals surface area contributed by atoms with E-state index in [-0.39, 0.29) is 57.2 Å². The van der Waals surface area contributed by atoms with Crippen LogP contribution in [-0.4, -0.2) is 39.4 Å². The van der Waals surface area contributed by atoms with Crippen molar-refractivity contribution < 1.29 is 26.0 Å². The summed E-state index contributed by atoms with van der Waals surface area (Å²) >= 11 is 10.1. The number of hydrogen-bond donors (Lipinski definition) is 2. The van der Waals surface area contributed by atoms with Crippen molar-refractivity contribution in [3.05, 3.63) is 90.9 Å². The molecule has 2 aliphatic rings. The Balaban J connectivity index is 1.53. The van der Waals surface area contributed by atoms with Crippen LogP contribution in [0.1, 0.15) is 35.8 Å². The monoisotopic (exact) mass is 724 g/mol. The van der Waals surface area contributed by atoms with Gasteiger partial charge in [0.05, 0.1) is 43.8 Å². The van der Waals surface area contributed by atoms with Crippen LogP contribution in [0.15, 0.2) is 51.7 Å². The van der Waals surface area contributed by atoms with Crippen molar-refractivity contribution in [3.63, 3.8) is 0 Å². The van der Waals surface area contributed by atoms with Crippen LogP contribution in [0.3, 0.4) is 0 Å². The molecular formula is C29H22BrClF4N6O3S. The van der Waals surface area contributed by atoms with E-state index in [9.17, 15) is 30.8 Å². The van der Waals surface area contributed by atoms with Crippen molar-refractivity contribution in [2.45, 2.75) is 50.1 Å². The van der Waals surface area contributed by atoms with E-state index in [0.717, 1.165) is 10.7 Å². The van der Waals surface area contributed by atoms with Crippen LogP contribution in [0.25, 0.3) is 27.5 Å². The van der Waals surface area contributed by atoms with Gasteiger partial charge >= 0.3 is 0 Å². The minimum absolute atomic E-state index is 0.00663. The number of rotatable bonds is 7. The van der Waals surface area contributed by atoms with Gasteiger partial charge in [-0.25, -0.2) is 31.0 Å². The fraction of sp³-hybridized carbons (Fsp3) is 0.276. The Morgan fingerprint density at radius 1 is 1.11 bits per heavy atom. The van der Waals surface area contributed by atoms with Crippen molar-refractivity contribution in [1.29, 1.82) is 0 Å². The molecular weight excluding hydrogens is 704 g/mol. The minimum Gasteiger partial charge on any atom is -0.303 e. The third-order valence-corrected chi connectivity index (χ3v) is 10.4. The molecule has 3 aromatic carbocycles. The fourth-order valence-corrected chi connectivity index (χ4v) is 7.76. The molecule has 7 rings (SSSR count). The number of benzene rings is 3. The average Bonchev–Trinajstić information content (AvgIpc) is 3.76. The summed E-state index contributed by atoms with van der Waals surface area (Å²) in [6.07, 6.45) is -1.98. The highest BCUT2D eigenvalue weighted by Crippen LogP contribution is 2.41. The first-order chi connectivity index (χ1) is 21.4. The molecule has 0 radical (unpaired) electrons. The van der Waals surface area contributed by atoms with Gasteiger partial charge in [-0.3, -0.25) is 18.8 Å². The molecule has 2 N–H and O–H groups in total. The third kappa shape index (κ3) is 5.49. The number of anilines is 1. The van der Waals surface area contributed by atoms with Crippen molar-refractivity contribution in [2.75, 3.05) is 4.72 Å². The molecule has 16 heteroatoms. The third-order valence-electron chi connectivity index (χ3n) is 7.83. The molecule has 1 atom stereocenters. The summed E-state index contributed by atoms with van der Waals surface area (Å²) in [6.45, 7) is -0.884. The summed E-state index contributed by atoms with van der Waals surface area (Å²) < 4.78 is 87.3. The predicted octanol–water partition coefficient (Wildman–Crippen LogP) is 5.99. The van der Waals surface area contributed by atoms with Gasteiger partial charge in [0.1, 0.15) is 24.0 Å². The topological polar surface area (TPSA) is 111 Å². The number of fused-ring (bicyclic) bond motifs is 6. The second kappa shape index (κ2) is 11.1. The molecule has 0 saturated heterocycles. The van der Waals surface area contributed by atoms with Crippen LogP contribution in [0, 0.1) is 11.6 Å². The van der Waals surface area contributed by atoms with Gasteiger partial charge < -0.3 is 5.32 Å². The van der Waals surface area contributed by atoms with Crippen LogP contribution in [0.4, 0.5) is 23.4 Å². The van der Waals surface area contributed by atoms with Gasteiger partial charge in [-0.15, -0.1) is 0 Å². The Labute approximate surface area is 266 Å². The van der Waals surface area contributed by atoms with Gasteiger partial charge in [0.15, 0.2) is 5.82 Å². The van der Waals surface area contributed by atoms with E-state index in [2.05, 4.69) is 31.1 Å². The number of halogens is 6. The smallest absolute Gasteiger partial charge is 0.266 e. The second-order valence-electron chi connectivity index (χ2n) is 11.0. The summed E-state index contributed by atoms with van der Waals surface area (Å²) in [5, 5.41) is 7.15. The largest absolute Gasteiger partial charge is 0.303 e. The Morgan fingerprint density at radius 3 is 2.53 bits per heavy atom. The van der Waals surface area contributed by atoms with Crippen LogP contribution in [-0.2, 0) is 29.5 Å². The lowest BCUT2D eigenvalue weighted by molar-refractivity contribution is 0.123. The molecule has 3 heterocycles. The van der Waals surface area contributed by atoms with Crippen LogP contribution in [0.5, 0.6) is 0 Å². The Bertz CT molecular complexity index is 2190. The first kappa shape index (κ1) is 30.1. The molecule has 2 aromatic heterocycles. The Kier molecular flexibility index (Phi) is 7.41. The van der Waals surface area contributed by atoms with E-state index in [1.54, 1.807) is 18.2 Å². The van der Waals surface area contributed by atoms with Crippen LogP contribution in [0.2, 0.25) is 5.02 Å². The molecule has 0 amide bonds. The summed E-state index contributed by atoms with van der Waals surface area (Å²) in [6, 6.07) is 8.69. The molecule has 234 valence electrons. The first-order valence-corrected chi connectivity index (χ1v) is 16.5. The van der Waals surface area contributed by atoms with Crippen molar-refractivity contribution in [2.24, 2.45) is 0 Å². The van der Waals surface area contributed by atoms with Gasteiger partial charge in [0, 0.05) is 17.1 Å². The van der Waals surface area contributed by atoms with Gasteiger partial charge in [-0.1, -0.05) is 27.5 Å². The lowest BCUT2D eigenvalue weighted by Crippen LogP contribution is -2.30. The quantitative estimate of drug-likeness (QED) is 0.200. The zero-order chi connectivity index (χ0) is 31.8. The minimum atomic E-state index is -3.87. The molecule has 45 heavy (non-hydrogen) atoms. The molecule has 9 nitrogen and oxygen atoms in total. The number of alkyl halides is 2. The Hall–Kier alpha value is -3.53. The van der Waals surface area contributed by atoms with Crippen molar-refractivity contribution in [3.8, 4) is 5.69 Å². The maximum Gasteiger partial charge on any atom is 0.266 e. The predicted molar refractivity (Wildman–Crippen MR) is 165 cm³/mol. The number of nitrogens with zero attached hydrogens (tertiary/aromatic N) is 4. The molecule has 0 unspecified atom stereocenters. The molecule has 1 aliphatic carbocycles. The zero-order valence-electron chi connectivity index (χ0n) is 23.0. The van der Waals surface area contributed by atoms with E-state index in [0.29, 0.717) is 28.4 Å². The van der Waals surface area contributed by atoms with E-state index in [1.165, 1.54) is 22.8 Å². The standard InChI is InChI=1S/C29H22BrClF4N6O3S/c30-15-1-4-19-21(9-15)37-28-22(7-13-5-16(32)10-17(33)6-13)36-11-14-8-20(31)24-26(25(14)41(28)29(19)42)40(12-23(34)35)38-27(24)39-45(43,44)18-2-3-18/h1,4-6,8-10,18,22-23,36H,2-3,7,11-12H2,(H,38,39)/t22-/m0/s1. The molecule has 1 fully saturated rings. The summed E-state index contributed by atoms with van der Waals surface area (Å²) in [4.78, 5) is 19.1. The maximum absolute atomic E-state index is 14.3. The van der Waals surface area contributed by atoms with Crippen LogP contribution >= 0.6 is 27.5 Å². The van der Waals surface area contributed by atoms with Gasteiger partial charge in [-0.2, -0.15) is 5.10 Å². The fourth-order valence-electron chi connectivity index (χ4n) is 5.77. The first-order valence-electron chi connectivity index (χ1n) is 13.8. The maximum atomic E-state index is 14.3. The normalized spacial score (nSPS) is 16.6. The van der Waals surface area contributed by atoms with Gasteiger partial charge in [0.2, 0.25) is 10.0 Å². The van der Waals surface area contributed by atoms with E-state index in [4.69, 9.17) is 16.6 Å². The highest BCUT2D eigenvalue weighted by atomic mass is 79.9. The molecule has 1 aliphatic heterocycles. The van der Waals surface area contributed by atoms with E-state index < -0.39 is 51.5 Å². The SMILES string of the molecule is O=c1c2ccc(Br)cc2nc2n1-c1c(cc(Cl)c3c(NS(=O)(=O)C4CC4)nn(CC(F)F)c13)CN[C@H]2Cc1cc(F)cc(F)c1. The van der Waals surface area contributed by atoms with Crippen LogP contribution < -0.4 is 15.6 Å². The summed E-state index contributed by atoms with van der Waals surface area (Å²) in [5.74, 6) is -1.65. The number of hydrogen-bond acceptors (Lipinski definition) is 6. The molecule has 0 bridgehead atoms. The second-order valence-corrected chi connectivity index (χ2v) is 14.3. The lowest BCUT2D eigenvalue weighted by atomic mass is 10.0. The zero-order valence-corrected chi connectivity index (χ0v) is 26.2. The number of sulfonamides is 1. The van der Waals surface area contributed by atoms with Crippen molar-refractivity contribution in [1.82, 2.24) is 24.6 Å². The van der Waals surface area contributed by atoms with E-state index in [1.807, 2.05) is 0 Å². The molecule has 5 aromatic rings. The highest BCUT2D eigenvalue weighted by molar-refractivity contribution is 9.10. The number of nitrogens with one attached hydrogen (secondary N) is 2. The summed E-state index contributed by atoms with van der Waals surface area (Å²) in [5.41, 5.74) is 0.619. The lowest BCUT2D eigenvalue weighted by Gasteiger charge is -2.20. The molecule has 1 saturated carbocycles. The Morgan fingerprint density at radius 2 is 1.84 bits per heavy atom. The van der Waals surface area contributed by atoms with Gasteiger partial charge in [0.25, 0.3) is 12.0 Å². The highest BCUT2D eigenvalue weighted by Gasteiger charge is 2.38. The van der Waals surface area contributed by atoms with Crippen molar-refractivity contribution >= 4 is 65.2 Å².